The minimum Gasteiger partial charge on any atom is -0.268 e. The molecule has 0 radical (unpaired) electrons. The van der Waals surface area contributed by atoms with Crippen molar-refractivity contribution in [3.8, 4) is 5.69 Å². The molecule has 5 aromatic rings. The van der Waals surface area contributed by atoms with Gasteiger partial charge in [0.15, 0.2) is 5.16 Å². The average Bonchev–Trinajstić information content (AvgIpc) is 3.18. The van der Waals surface area contributed by atoms with Crippen molar-refractivity contribution in [1.29, 1.82) is 0 Å². The lowest BCUT2D eigenvalue weighted by molar-refractivity contribution is 0.626. The van der Waals surface area contributed by atoms with Gasteiger partial charge in [-0.05, 0) is 55.3 Å². The third-order valence-electron chi connectivity index (χ3n) is 5.24. The van der Waals surface area contributed by atoms with Crippen LogP contribution >= 0.6 is 11.8 Å². The van der Waals surface area contributed by atoms with Gasteiger partial charge in [-0.2, -0.15) is 0 Å². The van der Waals surface area contributed by atoms with E-state index >= 15 is 0 Å². The molecule has 0 fully saturated rings. The molecule has 0 aliphatic rings. The number of hydrogen-bond donors (Lipinski definition) is 0. The fraction of sp³-hybridized carbons (Fsp3) is 0.125. The standard InChI is InChI=1S/C24H19FN4OS/c1-15-10-11-20(16(2)12-15)28-22(30)19-8-3-4-9-21(19)29-23(28)26-27-24(29)31-14-17-6-5-7-18(25)13-17/h3-13H,14H2,1-2H3. The first-order chi connectivity index (χ1) is 15.0. The first-order valence-corrected chi connectivity index (χ1v) is 10.9. The van der Waals surface area contributed by atoms with Crippen molar-refractivity contribution in [2.45, 2.75) is 24.8 Å². The van der Waals surface area contributed by atoms with Crippen LogP contribution in [0.25, 0.3) is 22.4 Å². The van der Waals surface area contributed by atoms with E-state index in [1.165, 1.54) is 23.9 Å². The first kappa shape index (κ1) is 19.5. The molecule has 3 aromatic carbocycles. The Kier molecular flexibility index (Phi) is 4.82. The molecule has 0 aliphatic carbocycles. The van der Waals surface area contributed by atoms with Crippen molar-refractivity contribution in [3.05, 3.63) is 99.6 Å². The summed E-state index contributed by atoms with van der Waals surface area (Å²) in [4.78, 5) is 13.4. The number of para-hydroxylation sites is 1. The van der Waals surface area contributed by atoms with Crippen molar-refractivity contribution in [3.63, 3.8) is 0 Å². The van der Waals surface area contributed by atoms with Crippen LogP contribution in [0.2, 0.25) is 0 Å². The average molecular weight is 431 g/mol. The SMILES string of the molecule is Cc1ccc(-n2c(=O)c3ccccc3n3c(SCc4cccc(F)c4)nnc23)c(C)c1. The van der Waals surface area contributed by atoms with Gasteiger partial charge in [-0.3, -0.25) is 9.20 Å². The Hall–Kier alpha value is -3.45. The molecular weight excluding hydrogens is 411 g/mol. The first-order valence-electron chi connectivity index (χ1n) is 9.87. The molecule has 7 heteroatoms. The highest BCUT2D eigenvalue weighted by Crippen LogP contribution is 2.26. The van der Waals surface area contributed by atoms with E-state index in [1.54, 1.807) is 10.6 Å². The van der Waals surface area contributed by atoms with Crippen molar-refractivity contribution in [1.82, 2.24) is 19.2 Å². The molecule has 0 bridgehead atoms. The summed E-state index contributed by atoms with van der Waals surface area (Å²) in [5.41, 5.74) is 4.35. The maximum absolute atomic E-state index is 13.6. The molecule has 5 rings (SSSR count). The van der Waals surface area contributed by atoms with Crippen molar-refractivity contribution in [2.75, 3.05) is 0 Å². The van der Waals surface area contributed by atoms with Crippen molar-refractivity contribution in [2.24, 2.45) is 0 Å². The second kappa shape index (κ2) is 7.67. The Morgan fingerprint density at radius 1 is 0.968 bits per heavy atom. The number of nitrogens with zero attached hydrogens (tertiary/aromatic N) is 4. The monoisotopic (exact) mass is 430 g/mol. The number of rotatable bonds is 4. The van der Waals surface area contributed by atoms with Crippen molar-refractivity contribution >= 4 is 28.4 Å². The Balaban J connectivity index is 1.73. The van der Waals surface area contributed by atoms with Gasteiger partial charge in [0.2, 0.25) is 5.78 Å². The lowest BCUT2D eigenvalue weighted by Crippen LogP contribution is -2.22. The minimum atomic E-state index is -0.265. The number of halogens is 1. The molecular formula is C24H19FN4OS. The zero-order valence-electron chi connectivity index (χ0n) is 17.0. The molecule has 5 nitrogen and oxygen atoms in total. The Morgan fingerprint density at radius 2 is 1.81 bits per heavy atom. The summed E-state index contributed by atoms with van der Waals surface area (Å²) < 4.78 is 17.1. The number of hydrogen-bond acceptors (Lipinski definition) is 4. The lowest BCUT2D eigenvalue weighted by Gasteiger charge is -2.13. The highest BCUT2D eigenvalue weighted by Gasteiger charge is 2.19. The summed E-state index contributed by atoms with van der Waals surface area (Å²) in [6.07, 6.45) is 0. The van der Waals surface area contributed by atoms with Gasteiger partial charge < -0.3 is 0 Å². The molecule has 0 saturated heterocycles. The fourth-order valence-electron chi connectivity index (χ4n) is 3.82. The highest BCUT2D eigenvalue weighted by atomic mass is 32.2. The number of thioether (sulfide) groups is 1. The van der Waals surface area contributed by atoms with Crippen LogP contribution in [0.1, 0.15) is 16.7 Å². The van der Waals surface area contributed by atoms with E-state index in [9.17, 15) is 9.18 Å². The molecule has 0 aliphatic heterocycles. The number of aromatic nitrogens is 4. The zero-order valence-corrected chi connectivity index (χ0v) is 17.9. The molecule has 0 spiro atoms. The van der Waals surface area contributed by atoms with Crippen LogP contribution in [0.3, 0.4) is 0 Å². The number of aryl methyl sites for hydroxylation is 2. The molecule has 0 amide bonds. The minimum absolute atomic E-state index is 0.135. The predicted molar refractivity (Wildman–Crippen MR) is 122 cm³/mol. The summed E-state index contributed by atoms with van der Waals surface area (Å²) in [6, 6.07) is 19.9. The summed E-state index contributed by atoms with van der Waals surface area (Å²) in [7, 11) is 0. The van der Waals surface area contributed by atoms with Gasteiger partial charge in [-0.1, -0.05) is 53.7 Å². The van der Waals surface area contributed by atoms with E-state index in [0.29, 0.717) is 22.1 Å². The largest absolute Gasteiger partial charge is 0.268 e. The molecule has 0 atom stereocenters. The third-order valence-corrected chi connectivity index (χ3v) is 6.24. The molecule has 154 valence electrons. The maximum atomic E-state index is 13.6. The van der Waals surface area contributed by atoms with Crippen LogP contribution in [0, 0.1) is 19.7 Å². The van der Waals surface area contributed by atoms with Crippen LogP contribution in [-0.4, -0.2) is 19.2 Å². The van der Waals surface area contributed by atoms with Gasteiger partial charge in [-0.25, -0.2) is 8.96 Å². The van der Waals surface area contributed by atoms with Crippen LogP contribution in [0.15, 0.2) is 76.7 Å². The van der Waals surface area contributed by atoms with Crippen LogP contribution in [0.4, 0.5) is 4.39 Å². The molecule has 2 aromatic heterocycles. The molecule has 0 N–H and O–H groups in total. The van der Waals surface area contributed by atoms with Crippen LogP contribution in [-0.2, 0) is 5.75 Å². The summed E-state index contributed by atoms with van der Waals surface area (Å²) >= 11 is 1.46. The summed E-state index contributed by atoms with van der Waals surface area (Å²) in [6.45, 7) is 4.00. The van der Waals surface area contributed by atoms with Crippen molar-refractivity contribution < 1.29 is 4.39 Å². The van der Waals surface area contributed by atoms with Gasteiger partial charge in [0.1, 0.15) is 5.82 Å². The zero-order chi connectivity index (χ0) is 21.5. The van der Waals surface area contributed by atoms with E-state index in [4.69, 9.17) is 0 Å². The van der Waals surface area contributed by atoms with E-state index in [1.807, 2.05) is 66.8 Å². The molecule has 31 heavy (non-hydrogen) atoms. The van der Waals surface area contributed by atoms with Gasteiger partial charge in [0.25, 0.3) is 5.56 Å². The quantitative estimate of drug-likeness (QED) is 0.373. The van der Waals surface area contributed by atoms with E-state index in [0.717, 1.165) is 27.9 Å². The van der Waals surface area contributed by atoms with Gasteiger partial charge >= 0.3 is 0 Å². The molecule has 2 heterocycles. The number of fused-ring (bicyclic) bond motifs is 3. The summed E-state index contributed by atoms with van der Waals surface area (Å²) in [5, 5.41) is 9.99. The topological polar surface area (TPSA) is 52.2 Å². The Bertz CT molecular complexity index is 1510. The highest BCUT2D eigenvalue weighted by molar-refractivity contribution is 7.98. The smallest absolute Gasteiger partial charge is 0.267 e. The van der Waals surface area contributed by atoms with E-state index < -0.39 is 0 Å². The summed E-state index contributed by atoms with van der Waals surface area (Å²) in [5.74, 6) is 0.728. The molecule has 0 saturated carbocycles. The Morgan fingerprint density at radius 3 is 2.61 bits per heavy atom. The van der Waals surface area contributed by atoms with Gasteiger partial charge in [-0.15, -0.1) is 10.2 Å². The Labute approximate surface area is 182 Å². The fourth-order valence-corrected chi connectivity index (χ4v) is 4.70. The predicted octanol–water partition coefficient (Wildman–Crippen LogP) is 5.08. The molecule has 0 unspecified atom stereocenters. The number of benzene rings is 3. The van der Waals surface area contributed by atoms with Gasteiger partial charge in [0, 0.05) is 5.75 Å². The second-order valence-electron chi connectivity index (χ2n) is 7.48. The second-order valence-corrected chi connectivity index (χ2v) is 8.43. The van der Waals surface area contributed by atoms with E-state index in [2.05, 4.69) is 10.2 Å². The lowest BCUT2D eigenvalue weighted by atomic mass is 10.1. The van der Waals surface area contributed by atoms with Crippen LogP contribution in [0.5, 0.6) is 0 Å². The normalized spacial score (nSPS) is 11.5. The van der Waals surface area contributed by atoms with Gasteiger partial charge in [0.05, 0.1) is 16.6 Å². The van der Waals surface area contributed by atoms with Crippen LogP contribution < -0.4 is 5.56 Å². The third kappa shape index (κ3) is 3.41. The van der Waals surface area contributed by atoms with E-state index in [-0.39, 0.29) is 11.4 Å². The maximum Gasteiger partial charge on any atom is 0.267 e.